The molecule has 1 amide bonds. The van der Waals surface area contributed by atoms with Crippen LogP contribution in [0.2, 0.25) is 0 Å². The second-order valence-corrected chi connectivity index (χ2v) is 6.91. The highest BCUT2D eigenvalue weighted by Gasteiger charge is 2.15. The maximum absolute atomic E-state index is 11.6. The molecular formula is C17H32N4O3. The number of aryl methyl sites for hydroxylation is 1. The van der Waals surface area contributed by atoms with E-state index >= 15 is 0 Å². The Bertz CT molecular complexity index is 482. The molecule has 0 spiro atoms. The number of methoxy groups -OCH3 is 1. The molecule has 1 rings (SSSR count). The summed E-state index contributed by atoms with van der Waals surface area (Å²) in [5.41, 5.74) is 0.614. The first-order valence-electron chi connectivity index (χ1n) is 8.48. The number of carbonyl (C=O) groups excluding carboxylic acids is 1. The monoisotopic (exact) mass is 340 g/mol. The van der Waals surface area contributed by atoms with E-state index < -0.39 is 5.60 Å². The summed E-state index contributed by atoms with van der Waals surface area (Å²) in [4.78, 5) is 11.6. The van der Waals surface area contributed by atoms with Gasteiger partial charge in [-0.15, -0.1) is 0 Å². The van der Waals surface area contributed by atoms with Crippen LogP contribution in [0.5, 0.6) is 0 Å². The number of nitrogens with one attached hydrogen (secondary N) is 2. The predicted octanol–water partition coefficient (Wildman–Crippen LogP) is 1.87. The van der Waals surface area contributed by atoms with Gasteiger partial charge in [0.15, 0.2) is 0 Å². The van der Waals surface area contributed by atoms with Crippen molar-refractivity contribution in [1.82, 2.24) is 20.4 Å². The van der Waals surface area contributed by atoms with Crippen LogP contribution in [-0.4, -0.2) is 54.3 Å². The number of ether oxygens (including phenoxy) is 2. The molecule has 0 radical (unpaired) electrons. The summed E-state index contributed by atoms with van der Waals surface area (Å²) in [5, 5.41) is 10.6. The summed E-state index contributed by atoms with van der Waals surface area (Å²) in [6, 6.07) is 2.29. The molecule has 138 valence electrons. The Morgan fingerprint density at radius 2 is 2.12 bits per heavy atom. The van der Waals surface area contributed by atoms with Crippen LogP contribution >= 0.6 is 0 Å². The Morgan fingerprint density at radius 3 is 2.71 bits per heavy atom. The fourth-order valence-corrected chi connectivity index (χ4v) is 2.30. The zero-order valence-corrected chi connectivity index (χ0v) is 15.6. The lowest BCUT2D eigenvalue weighted by atomic mass is 10.1. The topological polar surface area (TPSA) is 77.4 Å². The average molecular weight is 340 g/mol. The molecule has 1 unspecified atom stereocenters. The van der Waals surface area contributed by atoms with Crippen LogP contribution in [0.4, 0.5) is 4.79 Å². The van der Waals surface area contributed by atoms with Crippen LogP contribution in [0.25, 0.3) is 0 Å². The summed E-state index contributed by atoms with van der Waals surface area (Å²) in [6.07, 6.45) is 4.26. The van der Waals surface area contributed by atoms with Crippen molar-refractivity contribution in [1.29, 1.82) is 0 Å². The van der Waals surface area contributed by atoms with Gasteiger partial charge in [-0.05, 0) is 39.7 Å². The third-order valence-electron chi connectivity index (χ3n) is 3.35. The average Bonchev–Trinajstić information content (AvgIpc) is 2.87. The predicted molar refractivity (Wildman–Crippen MR) is 94.0 cm³/mol. The minimum Gasteiger partial charge on any atom is -0.444 e. The minimum absolute atomic E-state index is 0.263. The number of carbonyl (C=O) groups is 1. The van der Waals surface area contributed by atoms with Gasteiger partial charge in [0.05, 0.1) is 12.3 Å². The summed E-state index contributed by atoms with van der Waals surface area (Å²) >= 11 is 0. The van der Waals surface area contributed by atoms with Gasteiger partial charge in [-0.3, -0.25) is 4.68 Å². The maximum atomic E-state index is 11.6. The molecule has 1 heterocycles. The lowest BCUT2D eigenvalue weighted by molar-refractivity contribution is 0.0526. The number of aromatic nitrogens is 2. The molecule has 0 saturated carbocycles. The van der Waals surface area contributed by atoms with Gasteiger partial charge in [-0.2, -0.15) is 5.10 Å². The number of hydrogen-bond donors (Lipinski definition) is 2. The maximum Gasteiger partial charge on any atom is 0.407 e. The molecule has 2 N–H and O–H groups in total. The SMILES string of the molecule is COCC(CCCNC(=O)OC(C)(C)C)NCCc1ccn(C)n1. The number of alkyl carbamates (subject to hydrolysis) is 1. The first-order chi connectivity index (χ1) is 11.3. The van der Waals surface area contributed by atoms with Crippen molar-refractivity contribution in [2.45, 2.75) is 51.7 Å². The number of nitrogens with zero attached hydrogens (tertiary/aromatic N) is 2. The van der Waals surface area contributed by atoms with Crippen molar-refractivity contribution in [2.75, 3.05) is 26.8 Å². The third kappa shape index (κ3) is 9.52. The highest BCUT2D eigenvalue weighted by atomic mass is 16.6. The van der Waals surface area contributed by atoms with Crippen molar-refractivity contribution < 1.29 is 14.3 Å². The van der Waals surface area contributed by atoms with Crippen LogP contribution in [0.15, 0.2) is 12.3 Å². The molecule has 7 nitrogen and oxygen atoms in total. The zero-order chi connectivity index (χ0) is 18.0. The Balaban J connectivity index is 2.19. The van der Waals surface area contributed by atoms with Gasteiger partial charge in [0, 0.05) is 45.9 Å². The second-order valence-electron chi connectivity index (χ2n) is 6.91. The molecule has 0 aliphatic heterocycles. The van der Waals surface area contributed by atoms with Gasteiger partial charge in [-0.25, -0.2) is 4.79 Å². The Labute approximate surface area is 145 Å². The summed E-state index contributed by atoms with van der Waals surface area (Å²) in [7, 11) is 3.62. The largest absolute Gasteiger partial charge is 0.444 e. The fraction of sp³-hybridized carbons (Fsp3) is 0.765. The van der Waals surface area contributed by atoms with Gasteiger partial charge in [0.25, 0.3) is 0 Å². The van der Waals surface area contributed by atoms with E-state index in [0.717, 1.165) is 31.5 Å². The van der Waals surface area contributed by atoms with Crippen LogP contribution in [0.1, 0.15) is 39.3 Å². The van der Waals surface area contributed by atoms with Crippen LogP contribution in [0.3, 0.4) is 0 Å². The van der Waals surface area contributed by atoms with Crippen LogP contribution < -0.4 is 10.6 Å². The molecule has 0 aliphatic carbocycles. The molecule has 1 aromatic heterocycles. The van der Waals surface area contributed by atoms with Crippen LogP contribution in [-0.2, 0) is 22.9 Å². The minimum atomic E-state index is -0.463. The molecule has 1 atom stereocenters. The lowest BCUT2D eigenvalue weighted by Gasteiger charge is -2.20. The van der Waals surface area contributed by atoms with Crippen molar-refractivity contribution in [3.63, 3.8) is 0 Å². The number of rotatable bonds is 10. The van der Waals surface area contributed by atoms with Gasteiger partial charge in [0.1, 0.15) is 5.60 Å². The van der Waals surface area contributed by atoms with Gasteiger partial charge in [0.2, 0.25) is 0 Å². The molecule has 24 heavy (non-hydrogen) atoms. The molecule has 0 aromatic carbocycles. The number of amides is 1. The Kier molecular flexibility index (Phi) is 8.78. The Hall–Kier alpha value is -1.60. The fourth-order valence-electron chi connectivity index (χ4n) is 2.30. The normalized spacial score (nSPS) is 12.9. The lowest BCUT2D eigenvalue weighted by Crippen LogP contribution is -2.36. The van der Waals surface area contributed by atoms with E-state index in [1.54, 1.807) is 7.11 Å². The second kappa shape index (κ2) is 10.3. The molecular weight excluding hydrogens is 308 g/mol. The molecule has 0 fully saturated rings. The van der Waals surface area contributed by atoms with E-state index in [0.29, 0.717) is 13.2 Å². The summed E-state index contributed by atoms with van der Waals surface area (Å²) in [5.74, 6) is 0. The first kappa shape index (κ1) is 20.4. The van der Waals surface area contributed by atoms with E-state index in [9.17, 15) is 4.79 Å². The van der Waals surface area contributed by atoms with E-state index in [1.165, 1.54) is 0 Å². The van der Waals surface area contributed by atoms with Crippen LogP contribution in [0, 0.1) is 0 Å². The zero-order valence-electron chi connectivity index (χ0n) is 15.6. The summed E-state index contributed by atoms with van der Waals surface area (Å²) in [6.45, 7) is 7.66. The van der Waals surface area contributed by atoms with E-state index in [4.69, 9.17) is 9.47 Å². The molecule has 7 heteroatoms. The molecule has 0 saturated heterocycles. The molecule has 0 bridgehead atoms. The highest BCUT2D eigenvalue weighted by Crippen LogP contribution is 2.06. The van der Waals surface area contributed by atoms with Gasteiger partial charge in [-0.1, -0.05) is 0 Å². The van der Waals surface area contributed by atoms with Crippen molar-refractivity contribution in [2.24, 2.45) is 7.05 Å². The molecule has 1 aromatic rings. The quantitative estimate of drug-likeness (QED) is 0.636. The van der Waals surface area contributed by atoms with E-state index in [2.05, 4.69) is 15.7 Å². The highest BCUT2D eigenvalue weighted by molar-refractivity contribution is 5.67. The third-order valence-corrected chi connectivity index (χ3v) is 3.35. The first-order valence-corrected chi connectivity index (χ1v) is 8.48. The van der Waals surface area contributed by atoms with E-state index in [-0.39, 0.29) is 12.1 Å². The number of hydrogen-bond acceptors (Lipinski definition) is 5. The van der Waals surface area contributed by atoms with Gasteiger partial charge < -0.3 is 20.1 Å². The van der Waals surface area contributed by atoms with Crippen molar-refractivity contribution in [3.8, 4) is 0 Å². The van der Waals surface area contributed by atoms with Gasteiger partial charge >= 0.3 is 6.09 Å². The van der Waals surface area contributed by atoms with Crippen molar-refractivity contribution >= 4 is 6.09 Å². The molecule has 0 aliphatic rings. The standard InChI is InChI=1S/C17H32N4O3/c1-17(2,3)24-16(22)19-10-6-7-15(13-23-5)18-11-8-14-9-12-21(4)20-14/h9,12,15,18H,6-8,10-11,13H2,1-5H3,(H,19,22). The Morgan fingerprint density at radius 1 is 1.38 bits per heavy atom. The summed E-state index contributed by atoms with van der Waals surface area (Å²) < 4.78 is 12.3. The smallest absolute Gasteiger partial charge is 0.407 e. The van der Waals surface area contributed by atoms with Crippen molar-refractivity contribution in [3.05, 3.63) is 18.0 Å². The van der Waals surface area contributed by atoms with E-state index in [1.807, 2.05) is 44.8 Å².